The smallest absolute Gasteiger partial charge is 0.295 e. The van der Waals surface area contributed by atoms with E-state index in [2.05, 4.69) is 6.92 Å². The largest absolute Gasteiger partial charge is 0.507 e. The zero-order valence-electron chi connectivity index (χ0n) is 23.2. The Balaban J connectivity index is 1.61. The van der Waals surface area contributed by atoms with E-state index in [1.165, 1.54) is 4.90 Å². The molecule has 5 rings (SSSR count). The van der Waals surface area contributed by atoms with E-state index < -0.39 is 17.7 Å². The van der Waals surface area contributed by atoms with Crippen molar-refractivity contribution in [3.63, 3.8) is 0 Å². The third kappa shape index (κ3) is 5.41. The van der Waals surface area contributed by atoms with Crippen LogP contribution >= 0.6 is 0 Å². The van der Waals surface area contributed by atoms with Gasteiger partial charge in [0.05, 0.1) is 24.8 Å². The first-order chi connectivity index (χ1) is 19.4. The van der Waals surface area contributed by atoms with Gasteiger partial charge in [-0.05, 0) is 67.3 Å². The molecule has 3 aromatic carbocycles. The minimum atomic E-state index is -0.812. The summed E-state index contributed by atoms with van der Waals surface area (Å²) in [6.07, 6.45) is 2.66. The number of ether oxygens (including phenoxy) is 3. The van der Waals surface area contributed by atoms with E-state index in [0.717, 1.165) is 29.7 Å². The van der Waals surface area contributed by atoms with E-state index in [9.17, 15) is 14.7 Å². The molecule has 1 saturated heterocycles. The minimum absolute atomic E-state index is 0.0406. The summed E-state index contributed by atoms with van der Waals surface area (Å²) >= 11 is 0. The molecular formula is C33H35NO6. The topological polar surface area (TPSA) is 85.3 Å². The highest BCUT2D eigenvalue weighted by molar-refractivity contribution is 6.46. The van der Waals surface area contributed by atoms with E-state index in [1.54, 1.807) is 12.1 Å². The lowest BCUT2D eigenvalue weighted by molar-refractivity contribution is -0.140. The maximum Gasteiger partial charge on any atom is 0.295 e. The molecule has 0 saturated carbocycles. The van der Waals surface area contributed by atoms with Crippen molar-refractivity contribution in [1.82, 2.24) is 4.90 Å². The molecule has 2 aliphatic heterocycles. The number of rotatable bonds is 10. The molecule has 7 nitrogen and oxygen atoms in total. The van der Waals surface area contributed by atoms with Gasteiger partial charge in [0.25, 0.3) is 11.7 Å². The number of Topliss-reactive ketones (excluding diaryl/α,β-unsaturated/α-hetero) is 1. The monoisotopic (exact) mass is 541 g/mol. The molecule has 208 valence electrons. The van der Waals surface area contributed by atoms with Gasteiger partial charge in [-0.25, -0.2) is 0 Å². The molecule has 1 fully saturated rings. The van der Waals surface area contributed by atoms with Gasteiger partial charge in [-0.15, -0.1) is 0 Å². The molecule has 0 aliphatic carbocycles. The van der Waals surface area contributed by atoms with Gasteiger partial charge in [0.15, 0.2) is 11.5 Å². The Morgan fingerprint density at radius 1 is 1.00 bits per heavy atom. The van der Waals surface area contributed by atoms with Gasteiger partial charge in [-0.3, -0.25) is 9.59 Å². The number of aliphatic hydroxyl groups excluding tert-OH is 1. The lowest BCUT2D eigenvalue weighted by Crippen LogP contribution is -2.29. The van der Waals surface area contributed by atoms with Gasteiger partial charge in [0.1, 0.15) is 17.6 Å². The number of benzene rings is 3. The molecule has 3 aromatic rings. The number of likely N-dealkylation sites (tertiary alicyclic amines) is 1. The van der Waals surface area contributed by atoms with E-state index in [1.807, 2.05) is 68.4 Å². The number of aliphatic hydroxyl groups is 1. The fourth-order valence-electron chi connectivity index (χ4n) is 5.30. The van der Waals surface area contributed by atoms with Crippen LogP contribution in [0.4, 0.5) is 0 Å². The predicted molar refractivity (Wildman–Crippen MR) is 153 cm³/mol. The molecular weight excluding hydrogens is 506 g/mol. The second kappa shape index (κ2) is 11.9. The second-order valence-electron chi connectivity index (χ2n) is 10.2. The summed E-state index contributed by atoms with van der Waals surface area (Å²) in [6.45, 7) is 7.17. The fraction of sp³-hybridized carbons (Fsp3) is 0.333. The fourth-order valence-corrected chi connectivity index (χ4v) is 5.30. The number of carbonyl (C=O) groups is 2. The summed E-state index contributed by atoms with van der Waals surface area (Å²) in [7, 11) is 0. The van der Waals surface area contributed by atoms with Crippen LogP contribution < -0.4 is 14.2 Å². The van der Waals surface area contributed by atoms with E-state index in [-0.39, 0.29) is 24.0 Å². The molecule has 2 atom stereocenters. The molecule has 40 heavy (non-hydrogen) atoms. The normalized spacial score (nSPS) is 19.4. The van der Waals surface area contributed by atoms with Crippen LogP contribution in [0, 0.1) is 0 Å². The van der Waals surface area contributed by atoms with Crippen LogP contribution in [0.5, 0.6) is 17.2 Å². The summed E-state index contributed by atoms with van der Waals surface area (Å²) in [5, 5.41) is 11.6. The van der Waals surface area contributed by atoms with Crippen molar-refractivity contribution in [3.8, 4) is 17.2 Å². The van der Waals surface area contributed by atoms with Gasteiger partial charge >= 0.3 is 0 Å². The van der Waals surface area contributed by atoms with Crippen LogP contribution in [0.25, 0.3) is 5.76 Å². The lowest BCUT2D eigenvalue weighted by Gasteiger charge is -2.26. The van der Waals surface area contributed by atoms with Crippen molar-refractivity contribution in [2.24, 2.45) is 0 Å². The van der Waals surface area contributed by atoms with Gasteiger partial charge in [-0.2, -0.15) is 0 Å². The summed E-state index contributed by atoms with van der Waals surface area (Å²) in [5.41, 5.74) is 3.01. The number of carbonyl (C=O) groups excluding carboxylic acids is 2. The molecule has 1 amide bonds. The predicted octanol–water partition coefficient (Wildman–Crippen LogP) is 6.21. The Kier molecular flexibility index (Phi) is 8.10. The Labute approximate surface area is 235 Å². The van der Waals surface area contributed by atoms with Gasteiger partial charge < -0.3 is 24.2 Å². The summed E-state index contributed by atoms with van der Waals surface area (Å²) < 4.78 is 17.7. The summed E-state index contributed by atoms with van der Waals surface area (Å²) in [6, 6.07) is 19.5. The zero-order valence-corrected chi connectivity index (χ0v) is 23.2. The highest BCUT2D eigenvalue weighted by atomic mass is 16.5. The second-order valence-corrected chi connectivity index (χ2v) is 10.2. The molecule has 7 heteroatoms. The van der Waals surface area contributed by atoms with Gasteiger partial charge in [0.2, 0.25) is 0 Å². The van der Waals surface area contributed by atoms with Crippen molar-refractivity contribution < 1.29 is 28.9 Å². The number of amides is 1. The van der Waals surface area contributed by atoms with Crippen molar-refractivity contribution in [1.29, 1.82) is 0 Å². The Morgan fingerprint density at radius 2 is 1.80 bits per heavy atom. The molecule has 2 aliphatic rings. The highest BCUT2D eigenvalue weighted by Crippen LogP contribution is 2.43. The van der Waals surface area contributed by atoms with Crippen LogP contribution in [-0.2, 0) is 22.6 Å². The molecule has 0 radical (unpaired) electrons. The van der Waals surface area contributed by atoms with Crippen LogP contribution in [-0.4, -0.2) is 41.0 Å². The van der Waals surface area contributed by atoms with Gasteiger partial charge in [-0.1, -0.05) is 49.7 Å². The molecule has 2 unspecified atom stereocenters. The SMILES string of the molecule is CCCCOc1ccc(C2C(=C(O)c3ccc4c(c3)CC(C)O4)C(=O)C(=O)N2Cc2ccccc2)cc1OCC. The highest BCUT2D eigenvalue weighted by Gasteiger charge is 2.46. The van der Waals surface area contributed by atoms with Crippen LogP contribution in [0.1, 0.15) is 61.9 Å². The molecule has 0 spiro atoms. The lowest BCUT2D eigenvalue weighted by atomic mass is 9.94. The maximum atomic E-state index is 13.6. The third-order valence-electron chi connectivity index (χ3n) is 7.24. The number of fused-ring (bicyclic) bond motifs is 1. The first kappa shape index (κ1) is 27.3. The number of ketones is 1. The zero-order chi connectivity index (χ0) is 28.2. The minimum Gasteiger partial charge on any atom is -0.507 e. The van der Waals surface area contributed by atoms with Crippen LogP contribution in [0.3, 0.4) is 0 Å². The Hall–Kier alpha value is -4.26. The summed E-state index contributed by atoms with van der Waals surface area (Å²) in [5.74, 6) is 0.323. The molecule has 2 heterocycles. The van der Waals surface area contributed by atoms with Crippen molar-refractivity contribution >= 4 is 17.4 Å². The third-order valence-corrected chi connectivity index (χ3v) is 7.24. The van der Waals surface area contributed by atoms with Crippen LogP contribution in [0.15, 0.2) is 72.3 Å². The van der Waals surface area contributed by atoms with E-state index >= 15 is 0 Å². The van der Waals surface area contributed by atoms with Gasteiger partial charge in [0, 0.05) is 18.5 Å². The maximum absolute atomic E-state index is 13.6. The van der Waals surface area contributed by atoms with Crippen molar-refractivity contribution in [3.05, 3.63) is 94.6 Å². The number of hydrogen-bond donors (Lipinski definition) is 1. The molecule has 0 bridgehead atoms. The van der Waals surface area contributed by atoms with E-state index in [4.69, 9.17) is 14.2 Å². The number of unbranched alkanes of at least 4 members (excludes halogenated alkanes) is 1. The number of hydrogen-bond acceptors (Lipinski definition) is 6. The molecule has 1 N–H and O–H groups in total. The Morgan fingerprint density at radius 3 is 2.55 bits per heavy atom. The van der Waals surface area contributed by atoms with Crippen LogP contribution in [0.2, 0.25) is 0 Å². The van der Waals surface area contributed by atoms with E-state index in [0.29, 0.717) is 42.3 Å². The first-order valence-electron chi connectivity index (χ1n) is 13.9. The number of nitrogens with zero attached hydrogens (tertiary/aromatic N) is 1. The first-order valence-corrected chi connectivity index (χ1v) is 13.9. The quantitative estimate of drug-likeness (QED) is 0.142. The molecule has 0 aromatic heterocycles. The average molecular weight is 542 g/mol. The standard InChI is InChI=1S/C33H35NO6/c1-4-6-16-39-27-15-12-23(19-28(27)38-5-2)30-29(31(35)24-13-14-26-25(18-24)17-21(3)40-26)32(36)33(37)34(30)20-22-10-8-7-9-11-22/h7-15,18-19,21,30,35H,4-6,16-17,20H2,1-3H3. The van der Waals surface area contributed by atoms with Crippen molar-refractivity contribution in [2.45, 2.75) is 58.7 Å². The van der Waals surface area contributed by atoms with Crippen molar-refractivity contribution in [2.75, 3.05) is 13.2 Å². The Bertz CT molecular complexity index is 1430. The summed E-state index contributed by atoms with van der Waals surface area (Å²) in [4.78, 5) is 28.5. The average Bonchev–Trinajstić information content (AvgIpc) is 3.45.